The van der Waals surface area contributed by atoms with Crippen molar-refractivity contribution in [1.29, 1.82) is 0 Å². The predicted octanol–water partition coefficient (Wildman–Crippen LogP) is 7.11. The Bertz CT molecular complexity index is 863. The van der Waals surface area contributed by atoms with E-state index in [-0.39, 0.29) is 0 Å². The molecule has 0 aliphatic rings. The van der Waals surface area contributed by atoms with Crippen LogP contribution in [-0.2, 0) is 6.54 Å². The van der Waals surface area contributed by atoms with Gasteiger partial charge in [0.1, 0.15) is 30.5 Å². The molecule has 0 bridgehead atoms. The van der Waals surface area contributed by atoms with Gasteiger partial charge in [0.15, 0.2) is 0 Å². The Labute approximate surface area is 192 Å². The number of para-hydroxylation sites is 1. The first-order valence-corrected chi connectivity index (χ1v) is 11.7. The Morgan fingerprint density at radius 2 is 1.12 bits per heavy atom. The molecule has 0 aromatic heterocycles. The third kappa shape index (κ3) is 8.93. The van der Waals surface area contributed by atoms with Gasteiger partial charge in [0, 0.05) is 12.2 Å². The molecule has 3 aromatic rings. The number of hydrogen-bond acceptors (Lipinski definition) is 4. The van der Waals surface area contributed by atoms with Gasteiger partial charge in [0.25, 0.3) is 0 Å². The Kier molecular flexibility index (Phi) is 10.3. The molecule has 4 heteroatoms. The highest BCUT2D eigenvalue weighted by Gasteiger charge is 1.99. The van der Waals surface area contributed by atoms with Crippen molar-refractivity contribution in [3.05, 3.63) is 84.4 Å². The van der Waals surface area contributed by atoms with E-state index < -0.39 is 0 Å². The van der Waals surface area contributed by atoms with E-state index in [1.165, 1.54) is 31.2 Å². The monoisotopic (exact) mass is 433 g/mol. The van der Waals surface area contributed by atoms with E-state index in [1.807, 2.05) is 54.6 Å². The van der Waals surface area contributed by atoms with E-state index >= 15 is 0 Å². The van der Waals surface area contributed by atoms with Crippen molar-refractivity contribution in [2.75, 3.05) is 25.1 Å². The lowest BCUT2D eigenvalue weighted by Crippen LogP contribution is -2.08. The molecule has 32 heavy (non-hydrogen) atoms. The van der Waals surface area contributed by atoms with Crippen molar-refractivity contribution in [3.63, 3.8) is 0 Å². The number of ether oxygens (including phenoxy) is 3. The molecule has 0 unspecified atom stereocenters. The van der Waals surface area contributed by atoms with E-state index in [1.54, 1.807) is 0 Å². The molecule has 1 N–H and O–H groups in total. The minimum atomic E-state index is 0.509. The number of anilines is 1. The van der Waals surface area contributed by atoms with Crippen LogP contribution in [0.3, 0.4) is 0 Å². The fourth-order valence-corrected chi connectivity index (χ4v) is 3.31. The first-order chi connectivity index (χ1) is 15.8. The van der Waals surface area contributed by atoms with E-state index in [4.69, 9.17) is 14.2 Å². The largest absolute Gasteiger partial charge is 0.494 e. The summed E-state index contributed by atoms with van der Waals surface area (Å²) in [6.07, 6.45) is 6.28. The highest BCUT2D eigenvalue weighted by Crippen LogP contribution is 2.18. The summed E-state index contributed by atoms with van der Waals surface area (Å²) in [7, 11) is 0. The zero-order chi connectivity index (χ0) is 22.3. The van der Waals surface area contributed by atoms with Gasteiger partial charge in [-0.2, -0.15) is 0 Å². The standard InChI is InChI=1S/C28H35NO3/c1-2-3-4-5-9-20-30-27-16-12-24(13-17-27)23-29-25-14-18-28(19-15-25)32-22-21-31-26-10-7-6-8-11-26/h6-8,10-19,29H,2-5,9,20-23H2,1H3. The molecule has 0 spiro atoms. The van der Waals surface area contributed by atoms with Gasteiger partial charge in [0.2, 0.25) is 0 Å². The highest BCUT2D eigenvalue weighted by molar-refractivity contribution is 5.47. The average Bonchev–Trinajstić information content (AvgIpc) is 2.85. The van der Waals surface area contributed by atoms with Crippen LogP contribution in [0.4, 0.5) is 5.69 Å². The second-order valence-electron chi connectivity index (χ2n) is 7.79. The SMILES string of the molecule is CCCCCCCOc1ccc(CNc2ccc(OCCOc3ccccc3)cc2)cc1. The molecule has 3 rings (SSSR count). The van der Waals surface area contributed by atoms with E-state index in [2.05, 4.69) is 36.5 Å². The van der Waals surface area contributed by atoms with Crippen molar-refractivity contribution in [1.82, 2.24) is 0 Å². The van der Waals surface area contributed by atoms with Crippen molar-refractivity contribution >= 4 is 5.69 Å². The van der Waals surface area contributed by atoms with Crippen molar-refractivity contribution < 1.29 is 14.2 Å². The number of hydrogen-bond donors (Lipinski definition) is 1. The molecule has 0 saturated carbocycles. The molecule has 0 saturated heterocycles. The minimum absolute atomic E-state index is 0.509. The fraction of sp³-hybridized carbons (Fsp3) is 0.357. The van der Waals surface area contributed by atoms with Crippen LogP contribution in [0.5, 0.6) is 17.2 Å². The molecule has 0 aliphatic carbocycles. The van der Waals surface area contributed by atoms with E-state index in [0.717, 1.165) is 42.5 Å². The summed E-state index contributed by atoms with van der Waals surface area (Å²) in [5.74, 6) is 2.64. The van der Waals surface area contributed by atoms with Gasteiger partial charge < -0.3 is 19.5 Å². The lowest BCUT2D eigenvalue weighted by atomic mass is 10.2. The third-order valence-corrected chi connectivity index (χ3v) is 5.15. The highest BCUT2D eigenvalue weighted by atomic mass is 16.5. The van der Waals surface area contributed by atoms with Gasteiger partial charge in [-0.15, -0.1) is 0 Å². The van der Waals surface area contributed by atoms with E-state index in [0.29, 0.717) is 13.2 Å². The van der Waals surface area contributed by atoms with Gasteiger partial charge in [-0.3, -0.25) is 0 Å². The zero-order valence-corrected chi connectivity index (χ0v) is 19.1. The molecule has 0 amide bonds. The van der Waals surface area contributed by atoms with Gasteiger partial charge >= 0.3 is 0 Å². The first kappa shape index (κ1) is 23.5. The summed E-state index contributed by atoms with van der Waals surface area (Å²) in [4.78, 5) is 0. The molecule has 0 heterocycles. The number of benzene rings is 3. The summed E-state index contributed by atoms with van der Waals surface area (Å²) in [5.41, 5.74) is 2.28. The lowest BCUT2D eigenvalue weighted by molar-refractivity contribution is 0.217. The molecule has 3 aromatic carbocycles. The lowest BCUT2D eigenvalue weighted by Gasteiger charge is -2.11. The molecule has 0 aliphatic heterocycles. The number of rotatable bonds is 15. The third-order valence-electron chi connectivity index (χ3n) is 5.15. The Balaban J connectivity index is 1.31. The summed E-state index contributed by atoms with van der Waals surface area (Å²) >= 11 is 0. The van der Waals surface area contributed by atoms with Gasteiger partial charge in [-0.05, 0) is 60.5 Å². The molecule has 0 fully saturated rings. The summed E-state index contributed by atoms with van der Waals surface area (Å²) in [6, 6.07) is 26.1. The topological polar surface area (TPSA) is 39.7 Å². The first-order valence-electron chi connectivity index (χ1n) is 11.7. The van der Waals surface area contributed by atoms with Crippen molar-refractivity contribution in [3.8, 4) is 17.2 Å². The predicted molar refractivity (Wildman–Crippen MR) is 132 cm³/mol. The van der Waals surface area contributed by atoms with Crippen LogP contribution >= 0.6 is 0 Å². The van der Waals surface area contributed by atoms with Crippen molar-refractivity contribution in [2.45, 2.75) is 45.6 Å². The molecule has 170 valence electrons. The fourth-order valence-electron chi connectivity index (χ4n) is 3.31. The van der Waals surface area contributed by atoms with Crippen LogP contribution < -0.4 is 19.5 Å². The number of unbranched alkanes of at least 4 members (excludes halogenated alkanes) is 4. The quantitative estimate of drug-likeness (QED) is 0.259. The normalized spacial score (nSPS) is 10.5. The molecule has 4 nitrogen and oxygen atoms in total. The maximum Gasteiger partial charge on any atom is 0.122 e. The van der Waals surface area contributed by atoms with Gasteiger partial charge in [-0.25, -0.2) is 0 Å². The van der Waals surface area contributed by atoms with Crippen LogP contribution in [0, 0.1) is 0 Å². The Hall–Kier alpha value is -3.14. The molecule has 0 atom stereocenters. The maximum atomic E-state index is 5.84. The zero-order valence-electron chi connectivity index (χ0n) is 19.1. The second kappa shape index (κ2) is 14.0. The van der Waals surface area contributed by atoms with Gasteiger partial charge in [-0.1, -0.05) is 62.9 Å². The minimum Gasteiger partial charge on any atom is -0.494 e. The van der Waals surface area contributed by atoms with Crippen LogP contribution in [0.15, 0.2) is 78.9 Å². The maximum absolute atomic E-state index is 5.84. The van der Waals surface area contributed by atoms with Crippen LogP contribution in [0.2, 0.25) is 0 Å². The van der Waals surface area contributed by atoms with E-state index in [9.17, 15) is 0 Å². The number of nitrogens with one attached hydrogen (secondary N) is 1. The Morgan fingerprint density at radius 3 is 1.78 bits per heavy atom. The molecular weight excluding hydrogens is 398 g/mol. The average molecular weight is 434 g/mol. The van der Waals surface area contributed by atoms with Crippen LogP contribution in [0.1, 0.15) is 44.6 Å². The van der Waals surface area contributed by atoms with Gasteiger partial charge in [0.05, 0.1) is 6.61 Å². The Morgan fingerprint density at radius 1 is 0.562 bits per heavy atom. The molecule has 0 radical (unpaired) electrons. The van der Waals surface area contributed by atoms with Crippen molar-refractivity contribution in [2.24, 2.45) is 0 Å². The summed E-state index contributed by atoms with van der Waals surface area (Å²) < 4.78 is 17.2. The van der Waals surface area contributed by atoms with Crippen LogP contribution in [0.25, 0.3) is 0 Å². The smallest absolute Gasteiger partial charge is 0.122 e. The second-order valence-corrected chi connectivity index (χ2v) is 7.79. The molecular formula is C28H35NO3. The summed E-state index contributed by atoms with van der Waals surface area (Å²) in [5, 5.41) is 3.45. The van der Waals surface area contributed by atoms with Crippen LogP contribution in [-0.4, -0.2) is 19.8 Å². The summed E-state index contributed by atoms with van der Waals surface area (Å²) in [6.45, 7) is 4.83.